The summed E-state index contributed by atoms with van der Waals surface area (Å²) in [6, 6.07) is 12.9. The Balaban J connectivity index is 1.50. The summed E-state index contributed by atoms with van der Waals surface area (Å²) >= 11 is 0. The molecule has 0 bridgehead atoms. The SMILES string of the molecule is CCCCCCCCCCCCCCOc1ccc(OC(=O)N(C)Cc2ccccn2)cc1. The van der Waals surface area contributed by atoms with Gasteiger partial charge in [0.05, 0.1) is 18.8 Å². The highest BCUT2D eigenvalue weighted by molar-refractivity contribution is 5.70. The Kier molecular flexibility index (Phi) is 13.7. The number of hydrogen-bond acceptors (Lipinski definition) is 4. The highest BCUT2D eigenvalue weighted by atomic mass is 16.6. The van der Waals surface area contributed by atoms with Crippen LogP contribution < -0.4 is 9.47 Å². The van der Waals surface area contributed by atoms with Gasteiger partial charge in [-0.25, -0.2) is 4.79 Å². The van der Waals surface area contributed by atoms with Crippen molar-refractivity contribution in [3.05, 3.63) is 54.4 Å². The van der Waals surface area contributed by atoms with Gasteiger partial charge in [-0.05, 0) is 42.8 Å². The van der Waals surface area contributed by atoms with E-state index < -0.39 is 6.09 Å². The van der Waals surface area contributed by atoms with Crippen LogP contribution in [0.25, 0.3) is 0 Å². The van der Waals surface area contributed by atoms with Crippen LogP contribution in [0.4, 0.5) is 4.79 Å². The molecule has 2 rings (SSSR count). The molecule has 1 heterocycles. The van der Waals surface area contributed by atoms with Crippen molar-refractivity contribution in [3.63, 3.8) is 0 Å². The van der Waals surface area contributed by atoms with Crippen LogP contribution in [0.1, 0.15) is 89.7 Å². The first kappa shape index (κ1) is 26.7. The highest BCUT2D eigenvalue weighted by Gasteiger charge is 2.12. The number of hydrogen-bond donors (Lipinski definition) is 0. The average Bonchev–Trinajstić information content (AvgIpc) is 2.83. The Labute approximate surface area is 200 Å². The molecule has 1 amide bonds. The van der Waals surface area contributed by atoms with Crippen molar-refractivity contribution in [1.82, 2.24) is 9.88 Å². The Hall–Kier alpha value is -2.56. The quantitative estimate of drug-likeness (QED) is 0.229. The van der Waals surface area contributed by atoms with E-state index in [2.05, 4.69) is 11.9 Å². The summed E-state index contributed by atoms with van der Waals surface area (Å²) in [5, 5.41) is 0. The number of carbonyl (C=O) groups excluding carboxylic acids is 1. The van der Waals surface area contributed by atoms with Crippen LogP contribution in [-0.2, 0) is 6.54 Å². The lowest BCUT2D eigenvalue weighted by atomic mass is 10.1. The van der Waals surface area contributed by atoms with E-state index in [1.54, 1.807) is 25.4 Å². The minimum absolute atomic E-state index is 0.403. The van der Waals surface area contributed by atoms with E-state index in [1.807, 2.05) is 30.3 Å². The Morgan fingerprint density at radius 1 is 0.788 bits per heavy atom. The number of unbranched alkanes of at least 4 members (excludes halogenated alkanes) is 11. The van der Waals surface area contributed by atoms with Gasteiger partial charge in [0.25, 0.3) is 0 Å². The van der Waals surface area contributed by atoms with Gasteiger partial charge in [0.1, 0.15) is 11.5 Å². The van der Waals surface area contributed by atoms with Gasteiger partial charge in [-0.15, -0.1) is 0 Å². The zero-order chi connectivity index (χ0) is 23.6. The number of amides is 1. The summed E-state index contributed by atoms with van der Waals surface area (Å²) in [7, 11) is 1.70. The molecule has 0 atom stereocenters. The van der Waals surface area contributed by atoms with E-state index in [-0.39, 0.29) is 0 Å². The molecular formula is C28H42N2O3. The van der Waals surface area contributed by atoms with Crippen LogP contribution in [0.5, 0.6) is 11.5 Å². The highest BCUT2D eigenvalue weighted by Crippen LogP contribution is 2.19. The molecule has 0 aliphatic carbocycles. The lowest BCUT2D eigenvalue weighted by molar-refractivity contribution is 0.160. The zero-order valence-electron chi connectivity index (χ0n) is 20.6. The first-order valence-corrected chi connectivity index (χ1v) is 12.7. The fourth-order valence-corrected chi connectivity index (χ4v) is 3.71. The van der Waals surface area contributed by atoms with Crippen LogP contribution >= 0.6 is 0 Å². The summed E-state index contributed by atoms with van der Waals surface area (Å²) in [5.41, 5.74) is 0.818. The topological polar surface area (TPSA) is 51.7 Å². The molecule has 0 N–H and O–H groups in total. The van der Waals surface area contributed by atoms with Crippen LogP contribution in [0.2, 0.25) is 0 Å². The first-order chi connectivity index (χ1) is 16.2. The largest absolute Gasteiger partial charge is 0.494 e. The number of rotatable bonds is 17. The van der Waals surface area contributed by atoms with Gasteiger partial charge in [0.15, 0.2) is 0 Å². The lowest BCUT2D eigenvalue weighted by Gasteiger charge is -2.16. The number of pyridine rings is 1. The second kappa shape index (κ2) is 17.0. The lowest BCUT2D eigenvalue weighted by Crippen LogP contribution is -2.29. The van der Waals surface area contributed by atoms with Gasteiger partial charge in [-0.2, -0.15) is 0 Å². The van der Waals surface area contributed by atoms with Crippen LogP contribution in [0.15, 0.2) is 48.7 Å². The van der Waals surface area contributed by atoms with Gasteiger partial charge in [0, 0.05) is 13.2 Å². The third-order valence-electron chi connectivity index (χ3n) is 5.73. The fraction of sp³-hybridized carbons (Fsp3) is 0.571. The predicted molar refractivity (Wildman–Crippen MR) is 135 cm³/mol. The van der Waals surface area contributed by atoms with E-state index in [9.17, 15) is 4.79 Å². The molecule has 0 saturated heterocycles. The molecule has 2 aromatic rings. The summed E-state index contributed by atoms with van der Waals surface area (Å²) in [6.07, 6.45) is 17.3. The van der Waals surface area contributed by atoms with E-state index in [1.165, 1.54) is 75.5 Å². The smallest absolute Gasteiger partial charge is 0.415 e. The normalized spacial score (nSPS) is 10.7. The van der Waals surface area contributed by atoms with E-state index in [4.69, 9.17) is 9.47 Å². The number of benzene rings is 1. The Bertz CT molecular complexity index is 749. The molecule has 5 heteroatoms. The molecule has 182 valence electrons. The fourth-order valence-electron chi connectivity index (χ4n) is 3.71. The van der Waals surface area contributed by atoms with Crippen molar-refractivity contribution < 1.29 is 14.3 Å². The van der Waals surface area contributed by atoms with Crippen molar-refractivity contribution in [2.45, 2.75) is 90.5 Å². The number of aromatic nitrogens is 1. The molecule has 1 aromatic heterocycles. The maximum absolute atomic E-state index is 12.3. The molecule has 0 spiro atoms. The van der Waals surface area contributed by atoms with Crippen LogP contribution in [-0.4, -0.2) is 29.6 Å². The van der Waals surface area contributed by atoms with Gasteiger partial charge in [-0.3, -0.25) is 4.98 Å². The molecule has 1 aromatic carbocycles. The molecule has 33 heavy (non-hydrogen) atoms. The van der Waals surface area contributed by atoms with Crippen LogP contribution in [0.3, 0.4) is 0 Å². The molecule has 0 saturated carbocycles. The molecule has 5 nitrogen and oxygen atoms in total. The second-order valence-electron chi connectivity index (χ2n) is 8.75. The van der Waals surface area contributed by atoms with Gasteiger partial charge < -0.3 is 14.4 Å². The number of carbonyl (C=O) groups is 1. The molecule has 0 unspecified atom stereocenters. The molecular weight excluding hydrogens is 412 g/mol. The Morgan fingerprint density at radius 3 is 1.94 bits per heavy atom. The summed E-state index contributed by atoms with van der Waals surface area (Å²) in [5.74, 6) is 1.31. The van der Waals surface area contributed by atoms with Crippen LogP contribution in [0, 0.1) is 0 Å². The predicted octanol–water partition coefficient (Wildman–Crippen LogP) is 7.79. The maximum atomic E-state index is 12.3. The Morgan fingerprint density at radius 2 is 1.36 bits per heavy atom. The van der Waals surface area contributed by atoms with Crippen molar-refractivity contribution in [2.24, 2.45) is 0 Å². The third-order valence-corrected chi connectivity index (χ3v) is 5.73. The standard InChI is InChI=1S/C28H42N2O3/c1-3-4-5-6-7-8-9-10-11-12-13-16-23-32-26-18-20-27(21-19-26)33-28(31)30(2)24-25-17-14-15-22-29-25/h14-15,17-22H,3-13,16,23-24H2,1-2H3. The summed E-state index contributed by atoms with van der Waals surface area (Å²) < 4.78 is 11.3. The minimum Gasteiger partial charge on any atom is -0.494 e. The van der Waals surface area contributed by atoms with Crippen molar-refractivity contribution >= 4 is 6.09 Å². The van der Waals surface area contributed by atoms with E-state index in [0.29, 0.717) is 12.3 Å². The van der Waals surface area contributed by atoms with Gasteiger partial charge in [-0.1, -0.05) is 83.6 Å². The minimum atomic E-state index is -0.411. The molecule has 0 aliphatic rings. The maximum Gasteiger partial charge on any atom is 0.415 e. The van der Waals surface area contributed by atoms with E-state index in [0.717, 1.165) is 24.5 Å². The van der Waals surface area contributed by atoms with Gasteiger partial charge >= 0.3 is 6.09 Å². The summed E-state index contributed by atoms with van der Waals surface area (Å²) in [6.45, 7) is 3.40. The second-order valence-corrected chi connectivity index (χ2v) is 8.75. The third kappa shape index (κ3) is 12.3. The van der Waals surface area contributed by atoms with E-state index >= 15 is 0 Å². The molecule has 0 radical (unpaired) electrons. The zero-order valence-corrected chi connectivity index (χ0v) is 20.6. The van der Waals surface area contributed by atoms with Crippen molar-refractivity contribution in [2.75, 3.05) is 13.7 Å². The summed E-state index contributed by atoms with van der Waals surface area (Å²) in [4.78, 5) is 18.0. The number of ether oxygens (including phenoxy) is 2. The van der Waals surface area contributed by atoms with Crippen molar-refractivity contribution in [3.8, 4) is 11.5 Å². The molecule has 0 fully saturated rings. The monoisotopic (exact) mass is 454 g/mol. The van der Waals surface area contributed by atoms with Crippen molar-refractivity contribution in [1.29, 1.82) is 0 Å². The number of nitrogens with zero attached hydrogens (tertiary/aromatic N) is 2. The first-order valence-electron chi connectivity index (χ1n) is 12.7. The average molecular weight is 455 g/mol. The molecule has 0 aliphatic heterocycles. The van der Waals surface area contributed by atoms with Gasteiger partial charge in [0.2, 0.25) is 0 Å².